The fourth-order valence-corrected chi connectivity index (χ4v) is 0.938. The average Bonchev–Trinajstić information content (AvgIpc) is 1.89. The zero-order valence-electron chi connectivity index (χ0n) is 17.0. The second kappa shape index (κ2) is 12.8. The van der Waals surface area contributed by atoms with Crippen LogP contribution in [0.15, 0.2) is 0 Å². The molecule has 0 amide bonds. The summed E-state index contributed by atoms with van der Waals surface area (Å²) in [4.78, 5) is 0. The fraction of sp³-hybridized carbons (Fsp3) is 1.00. The Morgan fingerprint density at radius 3 is 0.773 bits per heavy atom. The summed E-state index contributed by atoms with van der Waals surface area (Å²) in [5.74, 6) is 0. The van der Waals surface area contributed by atoms with Crippen molar-refractivity contribution in [2.45, 2.75) is 105 Å². The van der Waals surface area contributed by atoms with Crippen LogP contribution in [0.5, 0.6) is 0 Å². The zero-order valence-corrected chi connectivity index (χ0v) is 21.0. The summed E-state index contributed by atoms with van der Waals surface area (Å²) in [5, 5.41) is 13.9. The molecule has 0 heterocycles. The van der Waals surface area contributed by atoms with Crippen molar-refractivity contribution in [3.05, 3.63) is 0 Å². The third-order valence-corrected chi connectivity index (χ3v) is 2.41. The van der Waals surface area contributed by atoms with Crippen LogP contribution in [0.1, 0.15) is 83.1 Å². The van der Waals surface area contributed by atoms with Crippen LogP contribution in [-0.4, -0.2) is 48.5 Å². The van der Waals surface area contributed by atoms with E-state index in [-0.39, 0.29) is 71.0 Å². The Hall–Kier alpha value is 1.48. The van der Waals surface area contributed by atoms with E-state index in [2.05, 4.69) is 0 Å². The second-order valence-electron chi connectivity index (χ2n) is 9.06. The van der Waals surface area contributed by atoms with Gasteiger partial charge in [0.2, 0.25) is 0 Å². The Bertz CT molecular complexity index is 207. The van der Waals surface area contributed by atoms with Gasteiger partial charge in [-0.25, -0.2) is 0 Å². The van der Waals surface area contributed by atoms with Crippen molar-refractivity contribution in [1.29, 1.82) is 0 Å². The van der Waals surface area contributed by atoms with Gasteiger partial charge in [-0.2, -0.15) is 0 Å². The maximum atomic E-state index is 6.94. The van der Waals surface area contributed by atoms with Crippen molar-refractivity contribution in [1.82, 2.24) is 0 Å². The molecule has 0 aliphatic rings. The second-order valence-corrected chi connectivity index (χ2v) is 9.72. The molecule has 0 aromatic heterocycles. The predicted molar refractivity (Wildman–Crippen MR) is 94.2 cm³/mol. The van der Waals surface area contributed by atoms with Crippen LogP contribution in [0.2, 0.25) is 0 Å². The topological polar surface area (TPSA) is 64.3 Å². The maximum absolute atomic E-state index is 6.94. The molecule has 0 saturated heterocycles. The Balaban J connectivity index is -0.000000124. The molecule has 22 heavy (non-hydrogen) atoms. The molecule has 133 valence electrons. The minimum atomic E-state index is -0.331. The van der Waals surface area contributed by atoms with E-state index >= 15 is 0 Å². The summed E-state index contributed by atoms with van der Waals surface area (Å²) < 4.78 is 10.9. The van der Waals surface area contributed by atoms with Gasteiger partial charge in [-0.3, -0.25) is 0 Å². The largest absolute Gasteiger partial charge is 0.675 e. The van der Waals surface area contributed by atoms with E-state index in [1.165, 1.54) is 0 Å². The first kappa shape index (κ1) is 31.3. The summed E-state index contributed by atoms with van der Waals surface area (Å²) in [5.41, 5.74) is -0.638. The van der Waals surface area contributed by atoms with Gasteiger partial charge < -0.3 is 17.8 Å². The van der Waals surface area contributed by atoms with Gasteiger partial charge in [-0.05, 0) is 52.7 Å². The van der Waals surface area contributed by atoms with Crippen molar-refractivity contribution in [2.24, 2.45) is 0 Å². The summed E-state index contributed by atoms with van der Waals surface area (Å²) in [6.07, 6.45) is 0. The first-order valence-electron chi connectivity index (χ1n) is 7.38. The van der Waals surface area contributed by atoms with E-state index in [0.29, 0.717) is 0 Å². The van der Waals surface area contributed by atoms with E-state index in [4.69, 9.17) is 17.8 Å². The number of hydrogen-bond acceptors (Lipinski definition) is 2. The van der Waals surface area contributed by atoms with Crippen LogP contribution in [0, 0.1) is 0 Å². The quantitative estimate of drug-likeness (QED) is 0.517. The normalized spacial score (nSPS) is 12.3. The van der Waals surface area contributed by atoms with Crippen LogP contribution < -0.4 is 0 Å². The summed E-state index contributed by atoms with van der Waals surface area (Å²) in [6.45, 7) is 23.3. The van der Waals surface area contributed by atoms with E-state index < -0.39 is 0 Å². The van der Waals surface area contributed by atoms with Gasteiger partial charge >= 0.3 is 0 Å². The maximum Gasteiger partial charge on any atom is 0.154 e. The molecule has 0 rings (SSSR count). The van der Waals surface area contributed by atoms with Crippen molar-refractivity contribution < 1.29 is 50.5 Å². The molecule has 3 radical (unpaired) electrons. The Morgan fingerprint density at radius 1 is 0.545 bits per heavy atom. The molecule has 0 unspecified atom stereocenters. The molecule has 0 bridgehead atoms. The molecule has 0 saturated carbocycles. The number of hydrogen-bond donors (Lipinski definition) is 0. The van der Waals surface area contributed by atoms with Gasteiger partial charge in [0.15, 0.2) is 11.2 Å². The van der Waals surface area contributed by atoms with Gasteiger partial charge in [-0.15, -0.1) is 0 Å². The van der Waals surface area contributed by atoms with E-state index in [1.54, 1.807) is 0 Å². The van der Waals surface area contributed by atoms with Gasteiger partial charge in [0.25, 0.3) is 0 Å². The molecule has 0 aromatic rings. The third kappa shape index (κ3) is 100. The van der Waals surface area contributed by atoms with E-state index in [9.17, 15) is 0 Å². The molecule has 0 aliphatic heterocycles. The minimum Gasteiger partial charge on any atom is -0.675 e. The molecule has 0 aromatic carbocycles. The Morgan fingerprint density at radius 2 is 0.682 bits per heavy atom. The van der Waals surface area contributed by atoms with Crippen LogP contribution >= 0.6 is 0 Å². The molecule has 4 nitrogen and oxygen atoms in total. The van der Waals surface area contributed by atoms with Gasteiger partial charge in [0.1, 0.15) is 15.9 Å². The minimum absolute atomic E-state index is 0. The molecule has 4 N–H and O–H groups in total. The van der Waals surface area contributed by atoms with Crippen LogP contribution in [-0.2, 0) is 40.3 Å². The molecule has 0 aliphatic carbocycles. The van der Waals surface area contributed by atoms with Crippen LogP contribution in [0.4, 0.5) is 0 Å². The molecule has 0 spiro atoms. The van der Waals surface area contributed by atoms with Gasteiger partial charge in [0, 0.05) is 74.3 Å². The van der Waals surface area contributed by atoms with E-state index in [1.807, 2.05) is 83.1 Å². The van der Waals surface area contributed by atoms with Crippen molar-refractivity contribution >= 4 is 15.9 Å². The molecular weight excluding hydrogens is 372 g/mol. The first-order valence-corrected chi connectivity index (χ1v) is 8.32. The standard InChI is InChI=1S/2C4H10O.2C4H9O.Al.Y/c4*1-4(2,3)5;;/h2*5H,1-3H3;2*1-3H3;;/q;;2*-1;+1;/p+2. The monoisotopic (exact) mass is 412 g/mol. The fourth-order valence-electron chi connectivity index (χ4n) is 0.313. The Labute approximate surface area is 171 Å². The van der Waals surface area contributed by atoms with Crippen LogP contribution in [0.3, 0.4) is 0 Å². The molecular formula is C16H40AlO4Y+. The zero-order chi connectivity index (χ0) is 18.1. The van der Waals surface area contributed by atoms with Gasteiger partial charge in [0.05, 0.1) is 0 Å². The summed E-state index contributed by atoms with van der Waals surface area (Å²) in [7, 11) is 0. The average molecular weight is 412 g/mol. The van der Waals surface area contributed by atoms with Gasteiger partial charge in [-0.1, -0.05) is 0 Å². The third-order valence-electron chi connectivity index (χ3n) is 0.803. The summed E-state index contributed by atoms with van der Waals surface area (Å²) >= 11 is -0.331. The molecule has 0 fully saturated rings. The van der Waals surface area contributed by atoms with Crippen molar-refractivity contribution in [3.63, 3.8) is 0 Å². The van der Waals surface area contributed by atoms with Crippen molar-refractivity contribution in [3.8, 4) is 0 Å². The molecule has 0 atom stereocenters. The van der Waals surface area contributed by atoms with Crippen LogP contribution in [0.25, 0.3) is 0 Å². The smallest absolute Gasteiger partial charge is 0.154 e. The van der Waals surface area contributed by atoms with E-state index in [0.717, 1.165) is 0 Å². The first-order chi connectivity index (χ1) is 8.71. The molecule has 6 heteroatoms. The Kier molecular flexibility index (Phi) is 18.2. The predicted octanol–water partition coefficient (Wildman–Crippen LogP) is 3.17. The SMILES string of the molecule is CC(C)(C)[OH2+].CC(C)(C)[OH2+].CC(C)(C)[O][Al-][O]C(C)(C)C.[Y]. The number of rotatable bonds is 2. The van der Waals surface area contributed by atoms with Crippen molar-refractivity contribution in [2.75, 3.05) is 0 Å². The summed E-state index contributed by atoms with van der Waals surface area (Å²) in [6, 6.07) is 0.